The standard InChI is InChI=1S/C15H15ClN2O3S/c1-9-13(7-10-6-11(16)2-3-14(10)17-9)15(19)18-12-4-5-22(20,21)8-12/h2-3,6-7,12H,4-5,8H2,1H3,(H,18,19)/t12-/m1/s1. The summed E-state index contributed by atoms with van der Waals surface area (Å²) in [5, 5.41) is 4.14. The Morgan fingerprint density at radius 2 is 2.14 bits per heavy atom. The maximum absolute atomic E-state index is 12.4. The minimum Gasteiger partial charge on any atom is -0.348 e. The molecule has 116 valence electrons. The highest BCUT2D eigenvalue weighted by Gasteiger charge is 2.29. The van der Waals surface area contributed by atoms with Gasteiger partial charge in [0.1, 0.15) is 0 Å². The van der Waals surface area contributed by atoms with Gasteiger partial charge in [0.25, 0.3) is 5.91 Å². The summed E-state index contributed by atoms with van der Waals surface area (Å²) >= 11 is 5.96. The van der Waals surface area contributed by atoms with E-state index < -0.39 is 9.84 Å². The number of hydrogen-bond acceptors (Lipinski definition) is 4. The molecular weight excluding hydrogens is 324 g/mol. The number of amides is 1. The number of rotatable bonds is 2. The molecule has 1 saturated heterocycles. The maximum Gasteiger partial charge on any atom is 0.253 e. The first-order valence-electron chi connectivity index (χ1n) is 6.92. The summed E-state index contributed by atoms with van der Waals surface area (Å²) in [6.07, 6.45) is 0.458. The summed E-state index contributed by atoms with van der Waals surface area (Å²) in [5.41, 5.74) is 1.81. The molecule has 3 rings (SSSR count). The molecule has 0 saturated carbocycles. The highest BCUT2D eigenvalue weighted by Crippen LogP contribution is 2.21. The molecule has 1 aromatic heterocycles. The van der Waals surface area contributed by atoms with Crippen LogP contribution in [0.15, 0.2) is 24.3 Å². The Balaban J connectivity index is 1.89. The molecule has 2 heterocycles. The predicted octanol–water partition coefficient (Wildman–Crippen LogP) is 2.11. The van der Waals surface area contributed by atoms with Gasteiger partial charge in [-0.25, -0.2) is 8.42 Å². The molecule has 0 aliphatic carbocycles. The van der Waals surface area contributed by atoms with Crippen molar-refractivity contribution in [2.45, 2.75) is 19.4 Å². The zero-order valence-electron chi connectivity index (χ0n) is 12.0. The molecule has 0 spiro atoms. The van der Waals surface area contributed by atoms with Gasteiger partial charge in [-0.1, -0.05) is 11.6 Å². The van der Waals surface area contributed by atoms with E-state index in [0.717, 1.165) is 10.9 Å². The first kappa shape index (κ1) is 15.2. The lowest BCUT2D eigenvalue weighted by molar-refractivity contribution is 0.0940. The molecule has 1 fully saturated rings. The lowest BCUT2D eigenvalue weighted by atomic mass is 10.1. The molecule has 0 bridgehead atoms. The van der Waals surface area contributed by atoms with Crippen molar-refractivity contribution in [1.82, 2.24) is 10.3 Å². The lowest BCUT2D eigenvalue weighted by Crippen LogP contribution is -2.36. The van der Waals surface area contributed by atoms with Crippen molar-refractivity contribution in [1.29, 1.82) is 0 Å². The third-order valence-electron chi connectivity index (χ3n) is 3.78. The highest BCUT2D eigenvalue weighted by atomic mass is 35.5. The zero-order chi connectivity index (χ0) is 15.9. The second-order valence-electron chi connectivity index (χ2n) is 5.53. The molecule has 1 N–H and O–H groups in total. The van der Waals surface area contributed by atoms with Gasteiger partial charge in [-0.3, -0.25) is 9.78 Å². The average Bonchev–Trinajstić information content (AvgIpc) is 2.77. The molecule has 2 aromatic rings. The molecule has 7 heteroatoms. The van der Waals surface area contributed by atoms with Crippen LogP contribution in [0.1, 0.15) is 22.5 Å². The Labute approximate surface area is 133 Å². The van der Waals surface area contributed by atoms with Crippen molar-refractivity contribution in [2.75, 3.05) is 11.5 Å². The van der Waals surface area contributed by atoms with Gasteiger partial charge >= 0.3 is 0 Å². The number of nitrogens with one attached hydrogen (secondary N) is 1. The average molecular weight is 339 g/mol. The second kappa shape index (κ2) is 5.52. The third kappa shape index (κ3) is 3.08. The van der Waals surface area contributed by atoms with Crippen molar-refractivity contribution in [2.24, 2.45) is 0 Å². The largest absolute Gasteiger partial charge is 0.348 e. The Morgan fingerprint density at radius 3 is 2.82 bits per heavy atom. The van der Waals surface area contributed by atoms with E-state index in [9.17, 15) is 13.2 Å². The SMILES string of the molecule is Cc1nc2ccc(Cl)cc2cc1C(=O)N[C@@H]1CCS(=O)(=O)C1. The third-order valence-corrected chi connectivity index (χ3v) is 5.78. The molecular formula is C15H15ClN2O3S. The number of fused-ring (bicyclic) bond motifs is 1. The number of pyridine rings is 1. The molecule has 22 heavy (non-hydrogen) atoms. The Hall–Kier alpha value is -1.66. The van der Waals surface area contributed by atoms with Crippen LogP contribution in [0.25, 0.3) is 10.9 Å². The molecule has 1 atom stereocenters. The van der Waals surface area contributed by atoms with Crippen molar-refractivity contribution < 1.29 is 13.2 Å². The lowest BCUT2D eigenvalue weighted by Gasteiger charge is -2.13. The highest BCUT2D eigenvalue weighted by molar-refractivity contribution is 7.91. The smallest absolute Gasteiger partial charge is 0.253 e. The van der Waals surface area contributed by atoms with Gasteiger partial charge in [-0.15, -0.1) is 0 Å². The number of sulfone groups is 1. The van der Waals surface area contributed by atoms with Gasteiger partial charge in [0.05, 0.1) is 28.3 Å². The molecule has 5 nitrogen and oxygen atoms in total. The Morgan fingerprint density at radius 1 is 1.36 bits per heavy atom. The number of nitrogens with zero attached hydrogens (tertiary/aromatic N) is 1. The van der Waals surface area contributed by atoms with Crippen LogP contribution in [0.3, 0.4) is 0 Å². The summed E-state index contributed by atoms with van der Waals surface area (Å²) in [7, 11) is -3.02. The van der Waals surface area contributed by atoms with Crippen molar-refractivity contribution >= 4 is 38.2 Å². The van der Waals surface area contributed by atoms with Gasteiger partial charge in [0.2, 0.25) is 0 Å². The number of aromatic nitrogens is 1. The quantitative estimate of drug-likeness (QED) is 0.910. The van der Waals surface area contributed by atoms with E-state index in [2.05, 4.69) is 10.3 Å². The molecule has 1 amide bonds. The van der Waals surface area contributed by atoms with Crippen LogP contribution in [-0.4, -0.2) is 36.9 Å². The van der Waals surface area contributed by atoms with Crippen molar-refractivity contribution in [3.8, 4) is 0 Å². The summed E-state index contributed by atoms with van der Waals surface area (Å²) in [6.45, 7) is 1.76. The number of aryl methyl sites for hydroxylation is 1. The number of carbonyl (C=O) groups excluding carboxylic acids is 1. The second-order valence-corrected chi connectivity index (χ2v) is 8.20. The van der Waals surface area contributed by atoms with E-state index in [0.29, 0.717) is 22.7 Å². The van der Waals surface area contributed by atoms with E-state index >= 15 is 0 Å². The first-order valence-corrected chi connectivity index (χ1v) is 9.12. The van der Waals surface area contributed by atoms with E-state index in [1.165, 1.54) is 0 Å². The molecule has 1 aliphatic rings. The van der Waals surface area contributed by atoms with Crippen LogP contribution < -0.4 is 5.32 Å². The number of hydrogen-bond donors (Lipinski definition) is 1. The van der Waals surface area contributed by atoms with Gasteiger partial charge in [0.15, 0.2) is 9.84 Å². The molecule has 1 aliphatic heterocycles. The van der Waals surface area contributed by atoms with E-state index in [-0.39, 0.29) is 23.5 Å². The van der Waals surface area contributed by atoms with E-state index in [1.54, 1.807) is 31.2 Å². The van der Waals surface area contributed by atoms with Crippen LogP contribution in [0.4, 0.5) is 0 Å². The number of benzene rings is 1. The van der Waals surface area contributed by atoms with E-state index in [4.69, 9.17) is 11.6 Å². The molecule has 0 radical (unpaired) electrons. The summed E-state index contributed by atoms with van der Waals surface area (Å²) in [4.78, 5) is 16.8. The van der Waals surface area contributed by atoms with Crippen molar-refractivity contribution in [3.05, 3.63) is 40.5 Å². The fourth-order valence-corrected chi connectivity index (χ4v) is 4.50. The summed E-state index contributed by atoms with van der Waals surface area (Å²) < 4.78 is 22.9. The fraction of sp³-hybridized carbons (Fsp3) is 0.333. The Kier molecular flexibility index (Phi) is 3.82. The molecule has 1 aromatic carbocycles. The van der Waals surface area contributed by atoms with Crippen LogP contribution in [0, 0.1) is 6.92 Å². The van der Waals surface area contributed by atoms with Gasteiger partial charge in [-0.05, 0) is 37.6 Å². The van der Waals surface area contributed by atoms with Gasteiger partial charge in [-0.2, -0.15) is 0 Å². The number of halogens is 1. The summed E-state index contributed by atoms with van der Waals surface area (Å²) in [5.74, 6) is -0.165. The van der Waals surface area contributed by atoms with E-state index in [1.807, 2.05) is 0 Å². The minimum absolute atomic E-state index is 0.00459. The number of carbonyl (C=O) groups is 1. The Bertz CT molecular complexity index is 864. The summed E-state index contributed by atoms with van der Waals surface area (Å²) in [6, 6.07) is 6.71. The topological polar surface area (TPSA) is 76.1 Å². The van der Waals surface area contributed by atoms with Crippen LogP contribution in [0.2, 0.25) is 5.02 Å². The zero-order valence-corrected chi connectivity index (χ0v) is 13.5. The fourth-order valence-electron chi connectivity index (χ4n) is 2.65. The monoisotopic (exact) mass is 338 g/mol. The van der Waals surface area contributed by atoms with Crippen LogP contribution in [0.5, 0.6) is 0 Å². The van der Waals surface area contributed by atoms with Crippen molar-refractivity contribution in [3.63, 3.8) is 0 Å². The molecule has 0 unspecified atom stereocenters. The van der Waals surface area contributed by atoms with Crippen LogP contribution >= 0.6 is 11.6 Å². The van der Waals surface area contributed by atoms with Crippen LogP contribution in [-0.2, 0) is 9.84 Å². The van der Waals surface area contributed by atoms with Gasteiger partial charge in [0, 0.05) is 16.5 Å². The van der Waals surface area contributed by atoms with Gasteiger partial charge < -0.3 is 5.32 Å². The maximum atomic E-state index is 12.4. The minimum atomic E-state index is -3.02. The predicted molar refractivity (Wildman–Crippen MR) is 86.0 cm³/mol. The normalized spacial score (nSPS) is 20.2. The first-order chi connectivity index (χ1) is 10.3.